The minimum atomic E-state index is -1.52. The summed E-state index contributed by atoms with van der Waals surface area (Å²) in [7, 11) is 0. The minimum absolute atomic E-state index is 0.0706. The van der Waals surface area contributed by atoms with Crippen molar-refractivity contribution in [1.82, 2.24) is 14.9 Å². The number of pyridine rings is 1. The summed E-state index contributed by atoms with van der Waals surface area (Å²) >= 11 is 0. The first-order valence-electron chi connectivity index (χ1n) is 8.05. The lowest BCUT2D eigenvalue weighted by Crippen LogP contribution is -2.49. The van der Waals surface area contributed by atoms with E-state index in [4.69, 9.17) is 4.74 Å². The number of amides is 1. The molecule has 4 rings (SSSR count). The van der Waals surface area contributed by atoms with Crippen molar-refractivity contribution in [2.75, 3.05) is 0 Å². The standard InChI is InChI=1S/C18H14F3N3O2/c19-14-7-12(8-15(20)17(14)21)26-11-5-10(6-11)23-18(25)13-9-22-24-4-2-1-3-16(13)24/h1-4,7-11H,5-6H2,(H,23,25). The van der Waals surface area contributed by atoms with Crippen LogP contribution in [0.15, 0.2) is 42.7 Å². The molecule has 134 valence electrons. The van der Waals surface area contributed by atoms with E-state index >= 15 is 0 Å². The van der Waals surface area contributed by atoms with Crippen LogP contribution in [-0.4, -0.2) is 27.7 Å². The van der Waals surface area contributed by atoms with Crippen LogP contribution in [0, 0.1) is 17.5 Å². The molecule has 2 aromatic heterocycles. The average Bonchev–Trinajstić information content (AvgIpc) is 3.01. The Bertz CT molecular complexity index is 960. The highest BCUT2D eigenvalue weighted by Crippen LogP contribution is 2.28. The van der Waals surface area contributed by atoms with Gasteiger partial charge in [0.15, 0.2) is 17.5 Å². The van der Waals surface area contributed by atoms with Gasteiger partial charge in [-0.1, -0.05) is 6.07 Å². The molecule has 0 atom stereocenters. The average molecular weight is 361 g/mol. The Kier molecular flexibility index (Phi) is 4.02. The molecule has 1 N–H and O–H groups in total. The van der Waals surface area contributed by atoms with Crippen LogP contribution >= 0.6 is 0 Å². The van der Waals surface area contributed by atoms with Gasteiger partial charge in [-0.15, -0.1) is 0 Å². The zero-order valence-electron chi connectivity index (χ0n) is 13.5. The Morgan fingerprint density at radius 2 is 1.92 bits per heavy atom. The van der Waals surface area contributed by atoms with E-state index in [1.54, 1.807) is 16.8 Å². The molecule has 2 heterocycles. The van der Waals surface area contributed by atoms with Gasteiger partial charge in [-0.05, 0) is 12.1 Å². The zero-order chi connectivity index (χ0) is 18.3. The molecule has 0 spiro atoms. The van der Waals surface area contributed by atoms with Gasteiger partial charge in [0.2, 0.25) is 0 Å². The van der Waals surface area contributed by atoms with Crippen molar-refractivity contribution in [2.45, 2.75) is 25.0 Å². The second-order valence-corrected chi connectivity index (χ2v) is 6.17. The first-order chi connectivity index (χ1) is 12.5. The Morgan fingerprint density at radius 3 is 2.65 bits per heavy atom. The van der Waals surface area contributed by atoms with Crippen molar-refractivity contribution < 1.29 is 22.7 Å². The molecular formula is C18H14F3N3O2. The van der Waals surface area contributed by atoms with Gasteiger partial charge >= 0.3 is 0 Å². The van der Waals surface area contributed by atoms with Crippen LogP contribution in [0.1, 0.15) is 23.2 Å². The molecule has 0 aliphatic heterocycles. The zero-order valence-corrected chi connectivity index (χ0v) is 13.5. The maximum Gasteiger partial charge on any atom is 0.255 e. The quantitative estimate of drug-likeness (QED) is 0.727. The van der Waals surface area contributed by atoms with Crippen LogP contribution in [-0.2, 0) is 0 Å². The predicted octanol–water partition coefficient (Wildman–Crippen LogP) is 3.09. The summed E-state index contributed by atoms with van der Waals surface area (Å²) in [5.74, 6) is -4.42. The van der Waals surface area contributed by atoms with Crippen molar-refractivity contribution in [2.24, 2.45) is 0 Å². The molecule has 1 fully saturated rings. The number of hydrogen-bond acceptors (Lipinski definition) is 3. The lowest BCUT2D eigenvalue weighted by Gasteiger charge is -2.35. The lowest BCUT2D eigenvalue weighted by atomic mass is 9.89. The number of fused-ring (bicyclic) bond motifs is 1. The summed E-state index contributed by atoms with van der Waals surface area (Å²) in [5, 5.41) is 6.99. The molecule has 1 aliphatic rings. The van der Waals surface area contributed by atoms with Crippen LogP contribution in [0.2, 0.25) is 0 Å². The molecule has 1 saturated carbocycles. The summed E-state index contributed by atoms with van der Waals surface area (Å²) in [6, 6.07) is 6.94. The first kappa shape index (κ1) is 16.4. The number of nitrogens with zero attached hydrogens (tertiary/aromatic N) is 2. The Hall–Kier alpha value is -3.03. The number of hydrogen-bond donors (Lipinski definition) is 1. The van der Waals surface area contributed by atoms with Crippen LogP contribution in [0.25, 0.3) is 5.52 Å². The molecule has 0 unspecified atom stereocenters. The number of rotatable bonds is 4. The number of nitrogens with one attached hydrogen (secondary N) is 1. The van der Waals surface area contributed by atoms with Gasteiger partial charge in [-0.25, -0.2) is 17.7 Å². The largest absolute Gasteiger partial charge is 0.490 e. The third-order valence-corrected chi connectivity index (χ3v) is 4.36. The Labute approximate surface area is 146 Å². The van der Waals surface area contributed by atoms with Crippen molar-refractivity contribution in [3.63, 3.8) is 0 Å². The van der Waals surface area contributed by atoms with Crippen molar-refractivity contribution in [3.05, 3.63) is 65.7 Å². The van der Waals surface area contributed by atoms with Crippen LogP contribution < -0.4 is 10.1 Å². The molecule has 8 heteroatoms. The summed E-state index contributed by atoms with van der Waals surface area (Å²) in [4.78, 5) is 12.4. The fourth-order valence-corrected chi connectivity index (χ4v) is 2.95. The van der Waals surface area contributed by atoms with Gasteiger partial charge in [0.05, 0.1) is 17.3 Å². The van der Waals surface area contributed by atoms with E-state index in [1.165, 1.54) is 6.20 Å². The van der Waals surface area contributed by atoms with Gasteiger partial charge in [0.25, 0.3) is 5.91 Å². The van der Waals surface area contributed by atoms with Gasteiger partial charge < -0.3 is 10.1 Å². The maximum absolute atomic E-state index is 13.2. The number of aromatic nitrogens is 2. The first-order valence-corrected chi connectivity index (χ1v) is 8.05. The summed E-state index contributed by atoms with van der Waals surface area (Å²) in [5.41, 5.74) is 1.17. The highest BCUT2D eigenvalue weighted by atomic mass is 19.2. The van der Waals surface area contributed by atoms with Crippen LogP contribution in [0.5, 0.6) is 5.75 Å². The molecule has 1 aromatic carbocycles. The molecular weight excluding hydrogens is 347 g/mol. The number of halogens is 3. The summed E-state index contributed by atoms with van der Waals surface area (Å²) in [6.07, 6.45) is 3.94. The van der Waals surface area contributed by atoms with Crippen LogP contribution in [0.3, 0.4) is 0 Å². The molecule has 0 saturated heterocycles. The number of carbonyl (C=O) groups is 1. The SMILES string of the molecule is O=C(NC1CC(Oc2cc(F)c(F)c(F)c2)C1)c1cnn2ccccc12. The Morgan fingerprint density at radius 1 is 1.19 bits per heavy atom. The Balaban J connectivity index is 1.34. The van der Waals surface area contributed by atoms with Gasteiger partial charge in [-0.2, -0.15) is 5.10 Å². The van der Waals surface area contributed by atoms with Crippen LogP contribution in [0.4, 0.5) is 13.2 Å². The fourth-order valence-electron chi connectivity index (χ4n) is 2.95. The topological polar surface area (TPSA) is 55.6 Å². The van der Waals surface area contributed by atoms with E-state index in [0.717, 1.165) is 12.1 Å². The van der Waals surface area contributed by atoms with Gasteiger partial charge in [0.1, 0.15) is 11.9 Å². The highest BCUT2D eigenvalue weighted by molar-refractivity contribution is 6.00. The molecule has 0 radical (unpaired) electrons. The van der Waals surface area contributed by atoms with Gasteiger partial charge in [-0.3, -0.25) is 4.79 Å². The van der Waals surface area contributed by atoms with E-state index in [9.17, 15) is 18.0 Å². The molecule has 5 nitrogen and oxygen atoms in total. The minimum Gasteiger partial charge on any atom is -0.490 e. The molecule has 3 aromatic rings. The smallest absolute Gasteiger partial charge is 0.255 e. The maximum atomic E-state index is 13.2. The number of carbonyl (C=O) groups excluding carboxylic acids is 1. The molecule has 1 amide bonds. The van der Waals surface area contributed by atoms with Crippen molar-refractivity contribution in [1.29, 1.82) is 0 Å². The van der Waals surface area contributed by atoms with E-state index in [-0.39, 0.29) is 23.8 Å². The van der Waals surface area contributed by atoms with Gasteiger partial charge in [0, 0.05) is 37.2 Å². The third kappa shape index (κ3) is 2.98. The number of benzene rings is 1. The monoisotopic (exact) mass is 361 g/mol. The highest BCUT2D eigenvalue weighted by Gasteiger charge is 2.33. The van der Waals surface area contributed by atoms with Crippen molar-refractivity contribution in [3.8, 4) is 5.75 Å². The van der Waals surface area contributed by atoms with Crippen molar-refractivity contribution >= 4 is 11.4 Å². The molecule has 26 heavy (non-hydrogen) atoms. The predicted molar refractivity (Wildman–Crippen MR) is 86.4 cm³/mol. The summed E-state index contributed by atoms with van der Waals surface area (Å²) < 4.78 is 46.3. The normalized spacial score (nSPS) is 19.2. The van der Waals surface area contributed by atoms with E-state index < -0.39 is 17.5 Å². The summed E-state index contributed by atoms with van der Waals surface area (Å²) in [6.45, 7) is 0. The molecule has 0 bridgehead atoms. The second-order valence-electron chi connectivity index (χ2n) is 6.17. The van der Waals surface area contributed by atoms with E-state index in [0.29, 0.717) is 23.9 Å². The molecule has 1 aliphatic carbocycles. The lowest BCUT2D eigenvalue weighted by molar-refractivity contribution is 0.0698. The fraction of sp³-hybridized carbons (Fsp3) is 0.222. The second kappa shape index (κ2) is 6.36. The van der Waals surface area contributed by atoms with E-state index in [1.807, 2.05) is 12.1 Å². The number of ether oxygens (including phenoxy) is 1. The third-order valence-electron chi connectivity index (χ3n) is 4.36. The van der Waals surface area contributed by atoms with E-state index in [2.05, 4.69) is 10.4 Å².